The number of nitrogens with two attached hydrogens (primary N) is 1. The lowest BCUT2D eigenvalue weighted by molar-refractivity contribution is 0.0335. The Morgan fingerprint density at radius 1 is 1.13 bits per heavy atom. The van der Waals surface area contributed by atoms with Crippen LogP contribution in [0.3, 0.4) is 0 Å². The Kier molecular flexibility index (Phi) is 7.51. The molecule has 4 N–H and O–H groups in total. The van der Waals surface area contributed by atoms with Crippen molar-refractivity contribution in [1.82, 2.24) is 35.6 Å². The SMILES string of the molecule is CC(C)(C)c1cc(/C=N/NC(=O)c2c(CN3CCOCC3)nnn2-c2nonc2N)cc(C(C)(C)C)c1O. The van der Waals surface area contributed by atoms with Crippen molar-refractivity contribution in [2.75, 3.05) is 32.0 Å². The molecule has 0 spiro atoms. The van der Waals surface area contributed by atoms with Crippen molar-refractivity contribution in [1.29, 1.82) is 0 Å². The Labute approximate surface area is 221 Å². The van der Waals surface area contributed by atoms with E-state index < -0.39 is 5.91 Å². The lowest BCUT2D eigenvalue weighted by atomic mass is 9.78. The Balaban J connectivity index is 1.64. The number of hydrogen-bond donors (Lipinski definition) is 3. The number of rotatable bonds is 6. The second kappa shape index (κ2) is 10.5. The molecule has 4 rings (SSSR count). The highest BCUT2D eigenvalue weighted by atomic mass is 16.6. The third-order valence-electron chi connectivity index (χ3n) is 6.26. The van der Waals surface area contributed by atoms with Crippen LogP contribution >= 0.6 is 0 Å². The fourth-order valence-corrected chi connectivity index (χ4v) is 4.20. The summed E-state index contributed by atoms with van der Waals surface area (Å²) in [5.41, 5.74) is 10.7. The third-order valence-corrected chi connectivity index (χ3v) is 6.26. The first kappa shape index (κ1) is 27.2. The average Bonchev–Trinajstić information content (AvgIpc) is 3.44. The summed E-state index contributed by atoms with van der Waals surface area (Å²) in [7, 11) is 0. The Hall–Kier alpha value is -3.84. The predicted octanol–water partition coefficient (Wildman–Crippen LogP) is 2.13. The van der Waals surface area contributed by atoms with Crippen molar-refractivity contribution in [3.05, 3.63) is 40.2 Å². The number of nitrogen functional groups attached to an aromatic ring is 1. The Morgan fingerprint density at radius 2 is 1.76 bits per heavy atom. The van der Waals surface area contributed by atoms with E-state index in [4.69, 9.17) is 15.1 Å². The van der Waals surface area contributed by atoms with Gasteiger partial charge in [0, 0.05) is 30.8 Å². The van der Waals surface area contributed by atoms with Gasteiger partial charge < -0.3 is 15.6 Å². The molecule has 1 amide bonds. The van der Waals surface area contributed by atoms with Gasteiger partial charge in [0.2, 0.25) is 11.6 Å². The molecule has 13 heteroatoms. The molecule has 0 atom stereocenters. The van der Waals surface area contributed by atoms with Crippen LogP contribution in [-0.4, -0.2) is 73.7 Å². The highest BCUT2D eigenvalue weighted by Crippen LogP contribution is 2.39. The maximum atomic E-state index is 13.4. The number of nitrogens with one attached hydrogen (secondary N) is 1. The topological polar surface area (TPSA) is 170 Å². The highest BCUT2D eigenvalue weighted by molar-refractivity contribution is 5.95. The summed E-state index contributed by atoms with van der Waals surface area (Å²) in [6.07, 6.45) is 1.55. The second-order valence-corrected chi connectivity index (χ2v) is 11.3. The molecular weight excluding hydrogens is 490 g/mol. The number of morpholine rings is 1. The van der Waals surface area contributed by atoms with Gasteiger partial charge in [-0.25, -0.2) is 10.1 Å². The van der Waals surface area contributed by atoms with E-state index in [-0.39, 0.29) is 33.9 Å². The molecule has 1 fully saturated rings. The number of ether oxygens (including phenoxy) is 1. The molecule has 13 nitrogen and oxygen atoms in total. The largest absolute Gasteiger partial charge is 0.507 e. The summed E-state index contributed by atoms with van der Waals surface area (Å²) in [5.74, 6) is -0.252. The van der Waals surface area contributed by atoms with Crippen molar-refractivity contribution >= 4 is 17.9 Å². The van der Waals surface area contributed by atoms with Gasteiger partial charge in [-0.05, 0) is 38.8 Å². The number of hydrogen-bond acceptors (Lipinski definition) is 11. The molecule has 0 unspecified atom stereocenters. The van der Waals surface area contributed by atoms with E-state index in [2.05, 4.69) is 36.1 Å². The number of aromatic nitrogens is 5. The van der Waals surface area contributed by atoms with Crippen LogP contribution in [0.15, 0.2) is 21.9 Å². The van der Waals surface area contributed by atoms with Crippen LogP contribution in [-0.2, 0) is 22.1 Å². The van der Waals surface area contributed by atoms with Gasteiger partial charge in [-0.3, -0.25) is 9.69 Å². The number of benzene rings is 1. The molecule has 2 aromatic heterocycles. The number of carbonyl (C=O) groups is 1. The highest BCUT2D eigenvalue weighted by Gasteiger charge is 2.28. The molecular formula is C25H35N9O4. The quantitative estimate of drug-likeness (QED) is 0.320. The van der Waals surface area contributed by atoms with E-state index >= 15 is 0 Å². The molecule has 0 radical (unpaired) electrons. The zero-order chi connectivity index (χ0) is 27.7. The van der Waals surface area contributed by atoms with Crippen molar-refractivity contribution < 1.29 is 19.3 Å². The first-order valence-electron chi connectivity index (χ1n) is 12.4. The van der Waals surface area contributed by atoms with Crippen LogP contribution in [0.2, 0.25) is 0 Å². The average molecular weight is 526 g/mol. The fourth-order valence-electron chi connectivity index (χ4n) is 4.20. The summed E-state index contributed by atoms with van der Waals surface area (Å²) >= 11 is 0. The number of hydrazone groups is 1. The zero-order valence-electron chi connectivity index (χ0n) is 22.6. The number of phenols is 1. The second-order valence-electron chi connectivity index (χ2n) is 11.3. The van der Waals surface area contributed by atoms with E-state index in [1.807, 2.05) is 53.7 Å². The molecule has 0 bridgehead atoms. The van der Waals surface area contributed by atoms with E-state index in [1.54, 1.807) is 6.21 Å². The van der Waals surface area contributed by atoms with E-state index in [0.29, 0.717) is 38.5 Å². The molecule has 1 aliphatic heterocycles. The number of aromatic hydroxyl groups is 1. The van der Waals surface area contributed by atoms with Crippen LogP contribution in [0, 0.1) is 0 Å². The van der Waals surface area contributed by atoms with Crippen molar-refractivity contribution in [3.8, 4) is 11.6 Å². The minimum atomic E-state index is -0.553. The van der Waals surface area contributed by atoms with Crippen LogP contribution in [0.1, 0.15) is 74.4 Å². The molecule has 204 valence electrons. The maximum Gasteiger partial charge on any atom is 0.292 e. The smallest absolute Gasteiger partial charge is 0.292 e. The van der Waals surface area contributed by atoms with Gasteiger partial charge in [0.25, 0.3) is 5.91 Å². The van der Waals surface area contributed by atoms with Crippen LogP contribution in [0.4, 0.5) is 5.82 Å². The zero-order valence-corrected chi connectivity index (χ0v) is 22.6. The normalized spacial score (nSPS) is 15.3. The molecule has 38 heavy (non-hydrogen) atoms. The predicted molar refractivity (Wildman–Crippen MR) is 140 cm³/mol. The maximum absolute atomic E-state index is 13.4. The van der Waals surface area contributed by atoms with Crippen LogP contribution in [0.5, 0.6) is 5.75 Å². The molecule has 1 aliphatic rings. The van der Waals surface area contributed by atoms with Gasteiger partial charge in [-0.2, -0.15) is 9.78 Å². The molecule has 0 aliphatic carbocycles. The molecule has 1 saturated heterocycles. The first-order valence-corrected chi connectivity index (χ1v) is 12.4. The van der Waals surface area contributed by atoms with Crippen molar-refractivity contribution in [3.63, 3.8) is 0 Å². The molecule has 3 aromatic rings. The van der Waals surface area contributed by atoms with Crippen molar-refractivity contribution in [2.45, 2.75) is 58.9 Å². The number of amides is 1. The number of carbonyl (C=O) groups excluding carboxylic acids is 1. The van der Waals surface area contributed by atoms with E-state index in [0.717, 1.165) is 16.7 Å². The minimum absolute atomic E-state index is 0.0288. The summed E-state index contributed by atoms with van der Waals surface area (Å²) in [6.45, 7) is 15.2. The number of nitrogens with zero attached hydrogens (tertiary/aromatic N) is 7. The van der Waals surface area contributed by atoms with E-state index in [9.17, 15) is 9.90 Å². The van der Waals surface area contributed by atoms with Crippen molar-refractivity contribution in [2.24, 2.45) is 5.10 Å². The van der Waals surface area contributed by atoms with Crippen LogP contribution < -0.4 is 11.2 Å². The van der Waals surface area contributed by atoms with E-state index in [1.165, 1.54) is 4.68 Å². The summed E-state index contributed by atoms with van der Waals surface area (Å²) in [5, 5.41) is 30.8. The van der Waals surface area contributed by atoms with Gasteiger partial charge in [-0.15, -0.1) is 5.10 Å². The lowest BCUT2D eigenvalue weighted by Gasteiger charge is -2.27. The van der Waals surface area contributed by atoms with Crippen LogP contribution in [0.25, 0.3) is 5.82 Å². The molecule has 1 aromatic carbocycles. The van der Waals surface area contributed by atoms with Gasteiger partial charge in [0.15, 0.2) is 5.69 Å². The lowest BCUT2D eigenvalue weighted by Crippen LogP contribution is -2.36. The summed E-state index contributed by atoms with van der Waals surface area (Å²) in [6, 6.07) is 3.75. The summed E-state index contributed by atoms with van der Waals surface area (Å²) < 4.78 is 11.3. The Bertz CT molecular complexity index is 1290. The van der Waals surface area contributed by atoms with Gasteiger partial charge in [-0.1, -0.05) is 46.8 Å². The third kappa shape index (κ3) is 5.83. The standard InChI is InChI=1S/C25H35N9O4/c1-24(2,3)16-11-15(12-17(20(16)35)25(4,5)6)13-27-29-23(36)19-18(14-33-7-9-37-10-8-33)28-32-34(19)22-21(26)30-38-31-22/h11-13,35H,7-10,14H2,1-6H3,(H2,26,30)(H,29,36)/b27-13+. The number of anilines is 1. The van der Waals surface area contributed by atoms with Gasteiger partial charge >= 0.3 is 0 Å². The fraction of sp³-hybridized carbons (Fsp3) is 0.520. The molecule has 3 heterocycles. The first-order chi connectivity index (χ1) is 17.9. The summed E-state index contributed by atoms with van der Waals surface area (Å²) in [4.78, 5) is 15.5. The van der Waals surface area contributed by atoms with Gasteiger partial charge in [0.1, 0.15) is 11.4 Å². The monoisotopic (exact) mass is 525 g/mol. The number of phenolic OH excluding ortho intramolecular Hbond substituents is 1. The van der Waals surface area contributed by atoms with Gasteiger partial charge in [0.05, 0.1) is 19.4 Å². The minimum Gasteiger partial charge on any atom is -0.507 e. The Morgan fingerprint density at radius 3 is 2.32 bits per heavy atom. The molecule has 0 saturated carbocycles.